The fourth-order valence-corrected chi connectivity index (χ4v) is 2.61. The van der Waals surface area contributed by atoms with E-state index in [2.05, 4.69) is 73.6 Å². The average molecular weight is 253 g/mol. The summed E-state index contributed by atoms with van der Waals surface area (Å²) in [6.45, 7) is 0. The van der Waals surface area contributed by atoms with Gasteiger partial charge in [-0.15, -0.1) is 0 Å². The van der Waals surface area contributed by atoms with E-state index < -0.39 is 0 Å². The van der Waals surface area contributed by atoms with E-state index in [1.807, 2.05) is 0 Å². The zero-order chi connectivity index (χ0) is 13.2. The summed E-state index contributed by atoms with van der Waals surface area (Å²) in [5, 5.41) is 2.59. The van der Waals surface area contributed by atoms with E-state index >= 15 is 0 Å². The molecular formula is C17H19NO. The quantitative estimate of drug-likeness (QED) is 0.750. The number of allylic oxidation sites excluding steroid dienone is 2. The molecule has 2 atom stereocenters. The molecule has 1 aliphatic heterocycles. The third kappa shape index (κ3) is 2.42. The topological polar surface area (TPSA) is 12.5 Å². The maximum atomic E-state index is 6.23. The zero-order valence-corrected chi connectivity index (χ0v) is 11.4. The number of hydrogen-bond donors (Lipinski definition) is 0. The number of ether oxygens (including phenoxy) is 1. The van der Waals surface area contributed by atoms with Gasteiger partial charge in [-0.1, -0.05) is 54.6 Å². The van der Waals surface area contributed by atoms with Gasteiger partial charge in [-0.3, -0.25) is 4.90 Å². The van der Waals surface area contributed by atoms with Crippen molar-refractivity contribution in [1.82, 2.24) is 4.90 Å². The van der Waals surface area contributed by atoms with Crippen molar-refractivity contribution in [2.24, 2.45) is 0 Å². The highest BCUT2D eigenvalue weighted by Gasteiger charge is 2.21. The van der Waals surface area contributed by atoms with Crippen LogP contribution in [0.5, 0.6) is 0 Å². The molecule has 1 heterocycles. The van der Waals surface area contributed by atoms with E-state index in [9.17, 15) is 0 Å². The van der Waals surface area contributed by atoms with E-state index in [0.717, 1.165) is 6.42 Å². The maximum Gasteiger partial charge on any atom is 0.114 e. The van der Waals surface area contributed by atoms with Gasteiger partial charge in [-0.05, 0) is 30.1 Å². The Hall–Kier alpha value is -1.64. The Morgan fingerprint density at radius 2 is 2.00 bits per heavy atom. The normalized spacial score (nSPS) is 28.2. The van der Waals surface area contributed by atoms with Gasteiger partial charge in [0, 0.05) is 6.42 Å². The van der Waals surface area contributed by atoms with Gasteiger partial charge >= 0.3 is 0 Å². The van der Waals surface area contributed by atoms with Crippen LogP contribution in [0, 0.1) is 0 Å². The maximum absolute atomic E-state index is 6.23. The lowest BCUT2D eigenvalue weighted by Gasteiger charge is -2.30. The lowest BCUT2D eigenvalue weighted by Crippen LogP contribution is -2.40. The van der Waals surface area contributed by atoms with Crippen LogP contribution in [-0.4, -0.2) is 31.3 Å². The summed E-state index contributed by atoms with van der Waals surface area (Å²) in [5.41, 5.74) is 1.25. The first-order chi connectivity index (χ1) is 9.25. The van der Waals surface area contributed by atoms with Gasteiger partial charge in [0.1, 0.15) is 12.3 Å². The molecule has 19 heavy (non-hydrogen) atoms. The predicted molar refractivity (Wildman–Crippen MR) is 78.8 cm³/mol. The van der Waals surface area contributed by atoms with Crippen molar-refractivity contribution in [2.75, 3.05) is 14.1 Å². The Morgan fingerprint density at radius 3 is 2.84 bits per heavy atom. The molecule has 0 N–H and O–H groups in total. The molecule has 0 bridgehead atoms. The highest BCUT2D eigenvalue weighted by Crippen LogP contribution is 2.19. The summed E-state index contributed by atoms with van der Waals surface area (Å²) < 4.78 is 6.23. The van der Waals surface area contributed by atoms with Crippen LogP contribution in [0.1, 0.15) is 6.42 Å². The minimum atomic E-state index is 0.0484. The molecule has 1 aromatic carbocycles. The lowest BCUT2D eigenvalue weighted by atomic mass is 9.99. The van der Waals surface area contributed by atoms with Gasteiger partial charge in [0.05, 0.1) is 0 Å². The van der Waals surface area contributed by atoms with E-state index in [1.54, 1.807) is 0 Å². The summed E-state index contributed by atoms with van der Waals surface area (Å²) in [5.74, 6) is 0. The Labute approximate surface area is 114 Å². The summed E-state index contributed by atoms with van der Waals surface area (Å²) in [7, 11) is 4.13. The number of nitrogens with zero attached hydrogens (tertiary/aromatic N) is 1. The third-order valence-corrected chi connectivity index (χ3v) is 3.67. The largest absolute Gasteiger partial charge is 0.351 e. The van der Waals surface area contributed by atoms with Crippen molar-refractivity contribution in [1.29, 1.82) is 0 Å². The number of hydrogen-bond acceptors (Lipinski definition) is 2. The molecule has 0 fully saturated rings. The predicted octanol–water partition coefficient (Wildman–Crippen LogP) is 1.42. The third-order valence-electron chi connectivity index (χ3n) is 3.67. The van der Waals surface area contributed by atoms with Crippen LogP contribution in [0.4, 0.5) is 0 Å². The average Bonchev–Trinajstić information content (AvgIpc) is 2.41. The first kappa shape index (κ1) is 12.4. The van der Waals surface area contributed by atoms with Crippen molar-refractivity contribution < 1.29 is 4.74 Å². The molecule has 0 saturated heterocycles. The van der Waals surface area contributed by atoms with Gasteiger partial charge in [-0.2, -0.15) is 0 Å². The van der Waals surface area contributed by atoms with Crippen LogP contribution in [0.15, 0.2) is 48.6 Å². The molecule has 0 saturated carbocycles. The van der Waals surface area contributed by atoms with Crippen LogP contribution in [0.3, 0.4) is 0 Å². The van der Waals surface area contributed by atoms with Crippen LogP contribution in [0.25, 0.3) is 11.6 Å². The molecule has 0 amide bonds. The lowest BCUT2D eigenvalue weighted by molar-refractivity contribution is -0.0409. The van der Waals surface area contributed by atoms with Gasteiger partial charge in [0.15, 0.2) is 0 Å². The van der Waals surface area contributed by atoms with Crippen LogP contribution < -0.4 is 10.4 Å². The molecule has 98 valence electrons. The molecule has 1 aromatic rings. The monoisotopic (exact) mass is 253 g/mol. The zero-order valence-electron chi connectivity index (χ0n) is 11.4. The number of rotatable bonds is 1. The van der Waals surface area contributed by atoms with Crippen LogP contribution >= 0.6 is 0 Å². The summed E-state index contributed by atoms with van der Waals surface area (Å²) in [6.07, 6.45) is 11.8. The molecule has 0 radical (unpaired) electrons. The van der Waals surface area contributed by atoms with Gasteiger partial charge in [0.2, 0.25) is 0 Å². The Kier molecular flexibility index (Phi) is 3.36. The summed E-state index contributed by atoms with van der Waals surface area (Å²) in [4.78, 5) is 2.13. The first-order valence-corrected chi connectivity index (χ1v) is 6.72. The van der Waals surface area contributed by atoms with Crippen molar-refractivity contribution in [3.8, 4) is 0 Å². The van der Waals surface area contributed by atoms with Crippen LogP contribution in [0.2, 0.25) is 0 Å². The fourth-order valence-electron chi connectivity index (χ4n) is 2.61. The minimum absolute atomic E-state index is 0.0484. The molecule has 0 spiro atoms. The second-order valence-corrected chi connectivity index (χ2v) is 5.20. The Balaban J connectivity index is 2.21. The van der Waals surface area contributed by atoms with Crippen LogP contribution in [-0.2, 0) is 4.74 Å². The molecule has 2 heteroatoms. The van der Waals surface area contributed by atoms with Gasteiger partial charge in [0.25, 0.3) is 0 Å². The van der Waals surface area contributed by atoms with Crippen molar-refractivity contribution >= 4 is 11.6 Å². The molecular weight excluding hydrogens is 234 g/mol. The second-order valence-electron chi connectivity index (χ2n) is 5.20. The number of benzene rings is 1. The molecule has 2 unspecified atom stereocenters. The molecule has 2 nitrogen and oxygen atoms in total. The van der Waals surface area contributed by atoms with E-state index in [0.29, 0.717) is 0 Å². The van der Waals surface area contributed by atoms with Crippen molar-refractivity contribution in [3.05, 3.63) is 59.0 Å². The Bertz CT molecular complexity index is 639. The van der Waals surface area contributed by atoms with Crippen molar-refractivity contribution in [3.63, 3.8) is 0 Å². The van der Waals surface area contributed by atoms with Gasteiger partial charge in [-0.25, -0.2) is 0 Å². The summed E-state index contributed by atoms with van der Waals surface area (Å²) >= 11 is 0. The Morgan fingerprint density at radius 1 is 1.16 bits per heavy atom. The minimum Gasteiger partial charge on any atom is -0.351 e. The first-order valence-electron chi connectivity index (χ1n) is 6.72. The van der Waals surface area contributed by atoms with E-state index in [-0.39, 0.29) is 12.3 Å². The number of fused-ring (bicyclic) bond motifs is 2. The molecule has 0 aromatic heterocycles. The highest BCUT2D eigenvalue weighted by molar-refractivity contribution is 5.66. The fraction of sp³-hybridized carbons (Fsp3) is 0.294. The molecule has 3 rings (SSSR count). The summed E-state index contributed by atoms with van der Waals surface area (Å²) in [6, 6.07) is 8.55. The van der Waals surface area contributed by atoms with Gasteiger partial charge < -0.3 is 4.74 Å². The second kappa shape index (κ2) is 5.16. The van der Waals surface area contributed by atoms with E-state index in [1.165, 1.54) is 16.0 Å². The standard InChI is InChI=1S/C17H19NO/c1-18(2)17-12-11-13-7-3-4-8-14(13)15-9-5-6-10-16(15)19-17/h3-11,16-17H,12H2,1-2H3/b13-11?,15-14-. The molecule has 2 aliphatic rings. The van der Waals surface area contributed by atoms with Crippen molar-refractivity contribution in [2.45, 2.75) is 18.8 Å². The van der Waals surface area contributed by atoms with E-state index in [4.69, 9.17) is 4.74 Å². The smallest absolute Gasteiger partial charge is 0.114 e. The highest BCUT2D eigenvalue weighted by atomic mass is 16.5. The SMILES string of the molecule is CN(C)C1CC=c2cccc/c2=C2\C=CC=CC2O1. The molecule has 1 aliphatic carbocycles.